The quantitative estimate of drug-likeness (QED) is 0.462. The molecule has 1 fully saturated rings. The maximum Gasteiger partial charge on any atom is 0.146 e. The minimum atomic E-state index is -0.347. The van der Waals surface area contributed by atoms with Crippen LogP contribution in [0.2, 0.25) is 0 Å². The number of carbonyl (C=O) groups is 2. The lowest BCUT2D eigenvalue weighted by atomic mass is 10.0. The average molecular weight is 166 g/mol. The zero-order chi connectivity index (χ0) is 9.14. The monoisotopic (exact) mass is 166 g/mol. The van der Waals surface area contributed by atoms with Gasteiger partial charge in [-0.2, -0.15) is 0 Å². The molecule has 2 unspecified atom stereocenters. The van der Waals surface area contributed by atoms with Gasteiger partial charge < -0.3 is 0 Å². The van der Waals surface area contributed by atoms with Crippen LogP contribution in [0.5, 0.6) is 0 Å². The molecule has 1 rings (SSSR count). The van der Waals surface area contributed by atoms with Crippen molar-refractivity contribution in [2.45, 2.75) is 26.7 Å². The number of ketones is 2. The largest absolute Gasteiger partial charge is 0.299 e. The van der Waals surface area contributed by atoms with E-state index in [0.717, 1.165) is 6.42 Å². The van der Waals surface area contributed by atoms with E-state index < -0.39 is 0 Å². The van der Waals surface area contributed by atoms with Crippen LogP contribution in [0.4, 0.5) is 0 Å². The van der Waals surface area contributed by atoms with Crippen molar-refractivity contribution >= 4 is 11.6 Å². The molecule has 1 aliphatic rings. The number of Topliss-reactive ketones (excluding diaryl/α,β-unsaturated/α-hetero) is 2. The van der Waals surface area contributed by atoms with Crippen LogP contribution >= 0.6 is 0 Å². The summed E-state index contributed by atoms with van der Waals surface area (Å²) in [6.45, 7) is 3.63. The Bertz CT molecular complexity index is 228. The van der Waals surface area contributed by atoms with Gasteiger partial charge in [0, 0.05) is 12.3 Å². The first-order valence-corrected chi connectivity index (χ1v) is 4.34. The fourth-order valence-electron chi connectivity index (χ4n) is 1.53. The number of rotatable bonds is 2. The highest BCUT2D eigenvalue weighted by molar-refractivity contribution is 6.09. The van der Waals surface area contributed by atoms with Crippen molar-refractivity contribution in [2.75, 3.05) is 0 Å². The maximum atomic E-state index is 11.4. The van der Waals surface area contributed by atoms with Crippen LogP contribution < -0.4 is 0 Å². The third-order valence-corrected chi connectivity index (χ3v) is 2.42. The van der Waals surface area contributed by atoms with Crippen molar-refractivity contribution in [1.82, 2.24) is 0 Å². The van der Waals surface area contributed by atoms with Gasteiger partial charge in [-0.05, 0) is 20.3 Å². The summed E-state index contributed by atoms with van der Waals surface area (Å²) in [4.78, 5) is 22.5. The number of hydrogen-bond donors (Lipinski definition) is 0. The summed E-state index contributed by atoms with van der Waals surface area (Å²) in [6.07, 6.45) is 5.05. The molecule has 12 heavy (non-hydrogen) atoms. The van der Waals surface area contributed by atoms with E-state index in [-0.39, 0.29) is 23.4 Å². The number of carbonyl (C=O) groups excluding carboxylic acids is 2. The van der Waals surface area contributed by atoms with Gasteiger partial charge in [0.05, 0.1) is 5.92 Å². The summed E-state index contributed by atoms with van der Waals surface area (Å²) in [5.41, 5.74) is 0. The predicted molar refractivity (Wildman–Crippen MR) is 46.7 cm³/mol. The van der Waals surface area contributed by atoms with Crippen LogP contribution in [0, 0.1) is 11.8 Å². The molecule has 0 bridgehead atoms. The van der Waals surface area contributed by atoms with E-state index in [9.17, 15) is 9.59 Å². The SMILES string of the molecule is C/C=C\CC1CC(=O)C(C)C1=O. The average Bonchev–Trinajstić information content (AvgIpc) is 2.30. The lowest BCUT2D eigenvalue weighted by molar-refractivity contribution is -0.127. The van der Waals surface area contributed by atoms with Crippen LogP contribution in [-0.4, -0.2) is 11.6 Å². The zero-order valence-electron chi connectivity index (χ0n) is 7.54. The second-order valence-electron chi connectivity index (χ2n) is 3.30. The lowest BCUT2D eigenvalue weighted by Crippen LogP contribution is -2.12. The van der Waals surface area contributed by atoms with Gasteiger partial charge in [-0.25, -0.2) is 0 Å². The van der Waals surface area contributed by atoms with Gasteiger partial charge >= 0.3 is 0 Å². The Morgan fingerprint density at radius 2 is 2.17 bits per heavy atom. The van der Waals surface area contributed by atoms with Gasteiger partial charge in [-0.3, -0.25) is 9.59 Å². The van der Waals surface area contributed by atoms with Gasteiger partial charge in [0.2, 0.25) is 0 Å². The number of allylic oxidation sites excluding steroid dienone is 2. The molecule has 0 radical (unpaired) electrons. The summed E-state index contributed by atoms with van der Waals surface area (Å²) in [6, 6.07) is 0. The Labute approximate surface area is 72.7 Å². The highest BCUT2D eigenvalue weighted by Crippen LogP contribution is 2.26. The zero-order valence-corrected chi connectivity index (χ0v) is 7.54. The van der Waals surface area contributed by atoms with E-state index in [1.807, 2.05) is 19.1 Å². The standard InChI is InChI=1S/C10H14O2/c1-3-4-5-8-6-9(11)7(2)10(8)12/h3-4,7-8H,5-6H2,1-2H3/b4-3-. The molecule has 66 valence electrons. The van der Waals surface area contributed by atoms with Crippen LogP contribution in [-0.2, 0) is 9.59 Å². The fourth-order valence-corrected chi connectivity index (χ4v) is 1.53. The third-order valence-electron chi connectivity index (χ3n) is 2.42. The Balaban J connectivity index is 2.59. The van der Waals surface area contributed by atoms with Crippen molar-refractivity contribution < 1.29 is 9.59 Å². The van der Waals surface area contributed by atoms with E-state index in [1.54, 1.807) is 6.92 Å². The molecule has 0 N–H and O–H groups in total. The molecule has 2 nitrogen and oxygen atoms in total. The van der Waals surface area contributed by atoms with Gasteiger partial charge in [0.15, 0.2) is 0 Å². The van der Waals surface area contributed by atoms with Crippen molar-refractivity contribution in [3.63, 3.8) is 0 Å². The molecular formula is C10H14O2. The highest BCUT2D eigenvalue weighted by Gasteiger charge is 2.36. The van der Waals surface area contributed by atoms with Gasteiger partial charge in [-0.1, -0.05) is 12.2 Å². The molecule has 0 spiro atoms. The van der Waals surface area contributed by atoms with Gasteiger partial charge in [0.25, 0.3) is 0 Å². The van der Waals surface area contributed by atoms with E-state index in [0.29, 0.717) is 6.42 Å². The Kier molecular flexibility index (Phi) is 2.79. The molecule has 0 heterocycles. The van der Waals surface area contributed by atoms with Gasteiger partial charge in [-0.15, -0.1) is 0 Å². The summed E-state index contributed by atoms with van der Waals surface area (Å²) < 4.78 is 0. The maximum absolute atomic E-state index is 11.4. The van der Waals surface area contributed by atoms with Crippen LogP contribution in [0.1, 0.15) is 26.7 Å². The summed E-state index contributed by atoms with van der Waals surface area (Å²) >= 11 is 0. The molecule has 1 saturated carbocycles. The van der Waals surface area contributed by atoms with E-state index in [4.69, 9.17) is 0 Å². The minimum absolute atomic E-state index is 0.0382. The van der Waals surface area contributed by atoms with E-state index >= 15 is 0 Å². The second kappa shape index (κ2) is 3.65. The van der Waals surface area contributed by atoms with E-state index in [2.05, 4.69) is 0 Å². The molecule has 2 heteroatoms. The second-order valence-corrected chi connectivity index (χ2v) is 3.30. The Hall–Kier alpha value is -0.920. The first-order chi connectivity index (χ1) is 5.66. The lowest BCUT2D eigenvalue weighted by Gasteiger charge is -2.01. The smallest absolute Gasteiger partial charge is 0.146 e. The highest BCUT2D eigenvalue weighted by atomic mass is 16.2. The summed E-state index contributed by atoms with van der Waals surface area (Å²) in [7, 11) is 0. The molecular weight excluding hydrogens is 152 g/mol. The first-order valence-electron chi connectivity index (χ1n) is 4.34. The molecule has 0 amide bonds. The Morgan fingerprint density at radius 1 is 1.50 bits per heavy atom. The van der Waals surface area contributed by atoms with Crippen LogP contribution in [0.25, 0.3) is 0 Å². The fraction of sp³-hybridized carbons (Fsp3) is 0.600. The van der Waals surface area contributed by atoms with Crippen molar-refractivity contribution in [3.8, 4) is 0 Å². The van der Waals surface area contributed by atoms with Gasteiger partial charge in [0.1, 0.15) is 11.6 Å². The minimum Gasteiger partial charge on any atom is -0.299 e. The summed E-state index contributed by atoms with van der Waals surface area (Å²) in [5.74, 6) is -0.156. The first kappa shape index (κ1) is 9.17. The van der Waals surface area contributed by atoms with E-state index in [1.165, 1.54) is 0 Å². The molecule has 0 aromatic carbocycles. The number of hydrogen-bond acceptors (Lipinski definition) is 2. The Morgan fingerprint density at radius 3 is 2.58 bits per heavy atom. The van der Waals surface area contributed by atoms with Crippen molar-refractivity contribution in [1.29, 1.82) is 0 Å². The van der Waals surface area contributed by atoms with Crippen LogP contribution in [0.3, 0.4) is 0 Å². The normalized spacial score (nSPS) is 30.5. The molecule has 1 aliphatic carbocycles. The summed E-state index contributed by atoms with van der Waals surface area (Å²) in [5, 5.41) is 0. The van der Waals surface area contributed by atoms with Crippen LogP contribution in [0.15, 0.2) is 12.2 Å². The predicted octanol–water partition coefficient (Wildman–Crippen LogP) is 1.75. The molecule has 0 aliphatic heterocycles. The van der Waals surface area contributed by atoms with Crippen molar-refractivity contribution in [3.05, 3.63) is 12.2 Å². The molecule has 0 aromatic rings. The molecule has 0 saturated heterocycles. The van der Waals surface area contributed by atoms with Crippen molar-refractivity contribution in [2.24, 2.45) is 11.8 Å². The molecule has 0 aromatic heterocycles. The molecule has 2 atom stereocenters. The topological polar surface area (TPSA) is 34.1 Å². The third kappa shape index (κ3) is 1.63.